The van der Waals surface area contributed by atoms with E-state index in [1.54, 1.807) is 0 Å². The van der Waals surface area contributed by atoms with E-state index in [0.29, 0.717) is 5.57 Å². The van der Waals surface area contributed by atoms with Crippen LogP contribution in [0.3, 0.4) is 0 Å². The van der Waals surface area contributed by atoms with Crippen molar-refractivity contribution in [3.63, 3.8) is 0 Å². The largest absolute Gasteiger partial charge is 0.285 e. The molecule has 122 valence electrons. The average Bonchev–Trinajstić information content (AvgIpc) is 2.81. The van der Waals surface area contributed by atoms with Gasteiger partial charge in [0.05, 0.1) is 5.70 Å². The number of fused-ring (bicyclic) bond motifs is 2. The maximum Gasteiger partial charge on any atom is 0.265 e. The molecule has 4 rings (SSSR count). The predicted molar refractivity (Wildman–Crippen MR) is 96.4 cm³/mol. The summed E-state index contributed by atoms with van der Waals surface area (Å²) in [6.07, 6.45) is 12.2. The third-order valence-corrected chi connectivity index (χ3v) is 4.71. The quantitative estimate of drug-likeness (QED) is 0.909. The van der Waals surface area contributed by atoms with Gasteiger partial charge in [-0.15, -0.1) is 0 Å². The first-order valence-corrected chi connectivity index (χ1v) is 8.61. The first kappa shape index (κ1) is 15.1. The Kier molecular flexibility index (Phi) is 4.13. The van der Waals surface area contributed by atoms with Crippen molar-refractivity contribution in [3.05, 3.63) is 64.4 Å². The van der Waals surface area contributed by atoms with Crippen LogP contribution in [0.2, 0.25) is 0 Å². The summed E-state index contributed by atoms with van der Waals surface area (Å²) in [5.41, 5.74) is 8.06. The Balaban J connectivity index is 1.53. The van der Waals surface area contributed by atoms with Crippen molar-refractivity contribution in [2.45, 2.75) is 25.7 Å². The molecule has 1 saturated heterocycles. The van der Waals surface area contributed by atoms with Gasteiger partial charge in [-0.25, -0.2) is 5.01 Å². The fourth-order valence-corrected chi connectivity index (χ4v) is 3.34. The van der Waals surface area contributed by atoms with Crippen LogP contribution < -0.4 is 5.43 Å². The number of piperidine rings is 1. The molecule has 2 heterocycles. The van der Waals surface area contributed by atoms with E-state index in [-0.39, 0.29) is 5.91 Å². The molecule has 3 aliphatic rings. The molecule has 0 saturated carbocycles. The van der Waals surface area contributed by atoms with E-state index in [0.717, 1.165) is 49.2 Å². The van der Waals surface area contributed by atoms with Gasteiger partial charge in [0, 0.05) is 24.9 Å². The van der Waals surface area contributed by atoms with E-state index in [4.69, 9.17) is 0 Å². The minimum atomic E-state index is -0.0274. The van der Waals surface area contributed by atoms with Crippen molar-refractivity contribution in [2.24, 2.45) is 4.99 Å². The zero-order valence-corrected chi connectivity index (χ0v) is 13.7. The maximum absolute atomic E-state index is 12.5. The second-order valence-electron chi connectivity index (χ2n) is 6.44. The van der Waals surface area contributed by atoms with Gasteiger partial charge in [-0.3, -0.25) is 15.2 Å². The third kappa shape index (κ3) is 3.10. The van der Waals surface area contributed by atoms with Gasteiger partial charge in [0.25, 0.3) is 5.91 Å². The van der Waals surface area contributed by atoms with Gasteiger partial charge < -0.3 is 0 Å². The number of aliphatic imine (C=N–C) groups is 1. The number of nitrogens with zero attached hydrogens (tertiary/aromatic N) is 2. The Morgan fingerprint density at radius 2 is 1.83 bits per heavy atom. The number of carbonyl (C=O) groups is 1. The Morgan fingerprint density at radius 3 is 2.67 bits per heavy atom. The lowest BCUT2D eigenvalue weighted by Crippen LogP contribution is -2.45. The molecule has 1 fully saturated rings. The lowest BCUT2D eigenvalue weighted by atomic mass is 9.96. The van der Waals surface area contributed by atoms with E-state index in [1.807, 2.05) is 35.5 Å². The topological polar surface area (TPSA) is 44.7 Å². The molecule has 2 aliphatic heterocycles. The summed E-state index contributed by atoms with van der Waals surface area (Å²) in [4.78, 5) is 17.1. The highest BCUT2D eigenvalue weighted by Gasteiger charge is 2.19. The summed E-state index contributed by atoms with van der Waals surface area (Å²) in [6, 6.07) is 8.21. The van der Waals surface area contributed by atoms with Crippen molar-refractivity contribution >= 4 is 18.2 Å². The summed E-state index contributed by atoms with van der Waals surface area (Å²) in [5.74, 6) is -0.0274. The van der Waals surface area contributed by atoms with Gasteiger partial charge in [0.15, 0.2) is 0 Å². The predicted octanol–water partition coefficient (Wildman–Crippen LogP) is 3.23. The Hall–Kier alpha value is -2.46. The number of carbonyl (C=O) groups excluding carboxylic acids is 1. The van der Waals surface area contributed by atoms with Crippen molar-refractivity contribution in [1.29, 1.82) is 0 Å². The molecule has 1 N–H and O–H groups in total. The second-order valence-corrected chi connectivity index (χ2v) is 6.44. The van der Waals surface area contributed by atoms with E-state index in [2.05, 4.69) is 28.6 Å². The standard InChI is InChI=1S/C20H21N3O/c24-20(22-23-10-4-1-5-11-23)17-9-8-16-12-15-6-2-3-7-18(15)14-21-19(16)13-17/h2-3,6-7,9,12-14H,1,4-5,8,10-11H2,(H,22,24). The van der Waals surface area contributed by atoms with Crippen LogP contribution in [0.5, 0.6) is 0 Å². The van der Waals surface area contributed by atoms with Crippen molar-refractivity contribution in [3.8, 4) is 0 Å². The van der Waals surface area contributed by atoms with E-state index in [9.17, 15) is 4.79 Å². The van der Waals surface area contributed by atoms with Gasteiger partial charge in [0.1, 0.15) is 0 Å². The third-order valence-electron chi connectivity index (χ3n) is 4.71. The monoisotopic (exact) mass is 319 g/mol. The fraction of sp³-hybridized carbons (Fsp3) is 0.300. The number of hydrogen-bond acceptors (Lipinski definition) is 3. The second kappa shape index (κ2) is 6.57. The zero-order valence-electron chi connectivity index (χ0n) is 13.7. The van der Waals surface area contributed by atoms with Gasteiger partial charge in [-0.2, -0.15) is 0 Å². The summed E-state index contributed by atoms with van der Waals surface area (Å²) >= 11 is 0. The molecule has 24 heavy (non-hydrogen) atoms. The average molecular weight is 319 g/mol. The van der Waals surface area contributed by atoms with Crippen LogP contribution in [0.15, 0.2) is 58.3 Å². The Labute approximate surface area is 142 Å². The molecule has 1 aliphatic carbocycles. The number of benzene rings is 1. The number of nitrogens with one attached hydrogen (secondary N) is 1. The van der Waals surface area contributed by atoms with Gasteiger partial charge in [0.2, 0.25) is 0 Å². The smallest absolute Gasteiger partial charge is 0.265 e. The Morgan fingerprint density at radius 1 is 1.04 bits per heavy atom. The number of rotatable bonds is 2. The molecule has 1 amide bonds. The first-order chi connectivity index (χ1) is 11.8. The summed E-state index contributed by atoms with van der Waals surface area (Å²) in [6.45, 7) is 1.88. The van der Waals surface area contributed by atoms with Gasteiger partial charge in [-0.05, 0) is 48.1 Å². The zero-order chi connectivity index (χ0) is 16.4. The summed E-state index contributed by atoms with van der Waals surface area (Å²) in [5, 5.41) is 2.03. The molecule has 0 aromatic heterocycles. The molecular weight excluding hydrogens is 298 g/mol. The fourth-order valence-electron chi connectivity index (χ4n) is 3.34. The SMILES string of the molecule is O=C(NN1CCCCC1)C1=CCC2=Cc3ccccc3C=NC2=C1. The molecular formula is C20H21N3O. The van der Waals surface area contributed by atoms with Crippen LogP contribution in [0.4, 0.5) is 0 Å². The Bertz CT molecular complexity index is 780. The molecule has 1 aromatic carbocycles. The van der Waals surface area contributed by atoms with Gasteiger partial charge in [-0.1, -0.05) is 36.8 Å². The van der Waals surface area contributed by atoms with Gasteiger partial charge >= 0.3 is 0 Å². The molecule has 0 bridgehead atoms. The molecule has 0 unspecified atom stereocenters. The summed E-state index contributed by atoms with van der Waals surface area (Å²) < 4.78 is 0. The van der Waals surface area contributed by atoms with Crippen molar-refractivity contribution < 1.29 is 4.79 Å². The lowest BCUT2D eigenvalue weighted by molar-refractivity contribution is -0.122. The maximum atomic E-state index is 12.5. The minimum absolute atomic E-state index is 0.0274. The van der Waals surface area contributed by atoms with Crippen LogP contribution in [0, 0.1) is 0 Å². The van der Waals surface area contributed by atoms with Crippen molar-refractivity contribution in [2.75, 3.05) is 13.1 Å². The molecule has 0 spiro atoms. The number of hydrogen-bond donors (Lipinski definition) is 1. The normalized spacial score (nSPS) is 20.1. The highest BCUT2D eigenvalue weighted by molar-refractivity contribution is 5.97. The minimum Gasteiger partial charge on any atom is -0.285 e. The van der Waals surface area contributed by atoms with Crippen LogP contribution in [-0.4, -0.2) is 30.2 Å². The van der Waals surface area contributed by atoms with E-state index in [1.165, 1.54) is 12.0 Å². The highest BCUT2D eigenvalue weighted by atomic mass is 16.2. The molecule has 4 heteroatoms. The number of hydrazine groups is 1. The first-order valence-electron chi connectivity index (χ1n) is 8.61. The van der Waals surface area contributed by atoms with Crippen LogP contribution in [-0.2, 0) is 4.79 Å². The van der Waals surface area contributed by atoms with E-state index >= 15 is 0 Å². The molecule has 4 nitrogen and oxygen atoms in total. The van der Waals surface area contributed by atoms with Crippen molar-refractivity contribution in [1.82, 2.24) is 10.4 Å². The molecule has 0 radical (unpaired) electrons. The van der Waals surface area contributed by atoms with E-state index < -0.39 is 0 Å². The van der Waals surface area contributed by atoms with Crippen LogP contribution in [0.1, 0.15) is 36.8 Å². The number of allylic oxidation sites excluding steroid dienone is 2. The lowest BCUT2D eigenvalue weighted by Gasteiger charge is -2.27. The highest BCUT2D eigenvalue weighted by Crippen LogP contribution is 2.29. The number of amides is 1. The molecule has 0 atom stereocenters. The molecule has 1 aromatic rings. The summed E-state index contributed by atoms with van der Waals surface area (Å²) in [7, 11) is 0. The van der Waals surface area contributed by atoms with Crippen LogP contribution in [0.25, 0.3) is 6.08 Å². The van der Waals surface area contributed by atoms with Crippen LogP contribution >= 0.6 is 0 Å².